The molecule has 0 radical (unpaired) electrons. The third kappa shape index (κ3) is 2.23. The average molecular weight is 145 g/mol. The summed E-state index contributed by atoms with van der Waals surface area (Å²) in [6.45, 7) is 0. The Balaban J connectivity index is 4.08. The minimum atomic E-state index is 0.794. The molecule has 0 unspecified atom stereocenters. The van der Waals surface area contributed by atoms with Crippen LogP contribution in [0, 0.1) is 0 Å². The molecular weight excluding hydrogens is 130 g/mol. The van der Waals surface area contributed by atoms with E-state index < -0.39 is 0 Å². The van der Waals surface area contributed by atoms with Crippen molar-refractivity contribution in [2.24, 2.45) is 4.99 Å². The molecular formula is C6H15N3O. The van der Waals surface area contributed by atoms with Crippen LogP contribution in [0.4, 0.5) is 0 Å². The molecule has 60 valence electrons. The van der Waals surface area contributed by atoms with Gasteiger partial charge in [0.05, 0.1) is 7.11 Å². The molecule has 0 aromatic heterocycles. The van der Waals surface area contributed by atoms with Crippen LogP contribution in [0.3, 0.4) is 0 Å². The van der Waals surface area contributed by atoms with Gasteiger partial charge in [-0.05, 0) is 0 Å². The van der Waals surface area contributed by atoms with Gasteiger partial charge in [-0.15, -0.1) is 0 Å². The molecule has 10 heavy (non-hydrogen) atoms. The van der Waals surface area contributed by atoms with Crippen LogP contribution in [-0.2, 0) is 4.84 Å². The fourth-order valence-corrected chi connectivity index (χ4v) is 0.704. The second kappa shape index (κ2) is 4.11. The lowest BCUT2D eigenvalue weighted by molar-refractivity contribution is -0.0508. The Labute approximate surface area is 62.0 Å². The quantitative estimate of drug-likeness (QED) is 0.296. The molecule has 0 fully saturated rings. The molecule has 4 nitrogen and oxygen atoms in total. The van der Waals surface area contributed by atoms with Gasteiger partial charge in [-0.25, -0.2) is 5.06 Å². The predicted octanol–water partition coefficient (Wildman–Crippen LogP) is 0.0270. The van der Waals surface area contributed by atoms with Crippen molar-refractivity contribution in [1.29, 1.82) is 0 Å². The molecule has 0 aliphatic rings. The number of guanidine groups is 1. The first kappa shape index (κ1) is 9.23. The normalized spacial score (nSPS) is 11.5. The molecule has 0 saturated heterocycles. The number of hydrogen-bond acceptors (Lipinski definition) is 2. The van der Waals surface area contributed by atoms with E-state index in [4.69, 9.17) is 4.84 Å². The van der Waals surface area contributed by atoms with Gasteiger partial charge in [0, 0.05) is 28.2 Å². The van der Waals surface area contributed by atoms with E-state index in [1.807, 2.05) is 26.0 Å². The third-order valence-corrected chi connectivity index (χ3v) is 1.16. The second-order valence-corrected chi connectivity index (χ2v) is 2.10. The van der Waals surface area contributed by atoms with Gasteiger partial charge in [0.25, 0.3) is 0 Å². The fraction of sp³-hybridized carbons (Fsp3) is 0.833. The first-order valence-electron chi connectivity index (χ1n) is 3.05. The van der Waals surface area contributed by atoms with Crippen LogP contribution in [0.1, 0.15) is 0 Å². The maximum atomic E-state index is 4.93. The standard InChI is InChI=1S/C6H15N3O/c1-7-6(8(2)3)9(4)10-5/h1-5H3. The van der Waals surface area contributed by atoms with Gasteiger partial charge in [0.2, 0.25) is 5.96 Å². The summed E-state index contributed by atoms with van der Waals surface area (Å²) in [4.78, 5) is 10.8. The van der Waals surface area contributed by atoms with Crippen molar-refractivity contribution in [3.05, 3.63) is 0 Å². The Morgan fingerprint density at radius 1 is 1.30 bits per heavy atom. The van der Waals surface area contributed by atoms with E-state index in [1.54, 1.807) is 19.2 Å². The summed E-state index contributed by atoms with van der Waals surface area (Å²) in [5, 5.41) is 1.60. The minimum Gasteiger partial charge on any atom is -0.347 e. The number of hydroxylamine groups is 2. The minimum absolute atomic E-state index is 0.794. The van der Waals surface area contributed by atoms with Crippen molar-refractivity contribution in [3.63, 3.8) is 0 Å². The molecule has 0 spiro atoms. The Kier molecular flexibility index (Phi) is 3.79. The van der Waals surface area contributed by atoms with Crippen molar-refractivity contribution >= 4 is 5.96 Å². The van der Waals surface area contributed by atoms with Crippen LogP contribution >= 0.6 is 0 Å². The van der Waals surface area contributed by atoms with Crippen LogP contribution in [0.15, 0.2) is 4.99 Å². The molecule has 0 rings (SSSR count). The van der Waals surface area contributed by atoms with Gasteiger partial charge in [0.15, 0.2) is 0 Å². The Bertz CT molecular complexity index is 122. The number of rotatable bonds is 1. The molecule has 0 N–H and O–H groups in total. The summed E-state index contributed by atoms with van der Waals surface area (Å²) >= 11 is 0. The number of hydrogen-bond donors (Lipinski definition) is 0. The summed E-state index contributed by atoms with van der Waals surface area (Å²) < 4.78 is 0. The molecule has 4 heteroatoms. The average Bonchev–Trinajstić information content (AvgIpc) is 1.88. The highest BCUT2D eigenvalue weighted by Crippen LogP contribution is 1.89. The van der Waals surface area contributed by atoms with E-state index in [-0.39, 0.29) is 0 Å². The van der Waals surface area contributed by atoms with Gasteiger partial charge >= 0.3 is 0 Å². The zero-order valence-corrected chi connectivity index (χ0v) is 7.25. The first-order chi connectivity index (χ1) is 4.63. The van der Waals surface area contributed by atoms with E-state index in [0.717, 1.165) is 5.96 Å². The van der Waals surface area contributed by atoms with Crippen molar-refractivity contribution in [3.8, 4) is 0 Å². The highest BCUT2D eigenvalue weighted by Gasteiger charge is 2.04. The van der Waals surface area contributed by atoms with E-state index in [2.05, 4.69) is 4.99 Å². The van der Waals surface area contributed by atoms with E-state index in [9.17, 15) is 0 Å². The van der Waals surface area contributed by atoms with Crippen LogP contribution in [0.5, 0.6) is 0 Å². The summed E-state index contributed by atoms with van der Waals surface area (Å²) in [5.74, 6) is 0.794. The van der Waals surface area contributed by atoms with Gasteiger partial charge in [-0.1, -0.05) is 0 Å². The highest BCUT2D eigenvalue weighted by atomic mass is 16.7. The smallest absolute Gasteiger partial charge is 0.219 e. The molecule has 0 atom stereocenters. The van der Waals surface area contributed by atoms with Crippen LogP contribution in [0.25, 0.3) is 0 Å². The molecule has 0 aliphatic heterocycles. The largest absolute Gasteiger partial charge is 0.347 e. The van der Waals surface area contributed by atoms with Gasteiger partial charge in [0.1, 0.15) is 0 Å². The lowest BCUT2D eigenvalue weighted by Crippen LogP contribution is -2.37. The third-order valence-electron chi connectivity index (χ3n) is 1.16. The van der Waals surface area contributed by atoms with E-state index in [1.165, 1.54) is 0 Å². The number of nitrogens with zero attached hydrogens (tertiary/aromatic N) is 3. The maximum absolute atomic E-state index is 4.93. The van der Waals surface area contributed by atoms with Crippen LogP contribution < -0.4 is 0 Å². The molecule has 0 aromatic rings. The van der Waals surface area contributed by atoms with Crippen molar-refractivity contribution < 1.29 is 4.84 Å². The monoisotopic (exact) mass is 145 g/mol. The van der Waals surface area contributed by atoms with Crippen molar-refractivity contribution in [1.82, 2.24) is 9.96 Å². The predicted molar refractivity (Wildman–Crippen MR) is 41.8 cm³/mol. The highest BCUT2D eigenvalue weighted by molar-refractivity contribution is 5.78. The van der Waals surface area contributed by atoms with Crippen molar-refractivity contribution in [2.45, 2.75) is 0 Å². The zero-order valence-electron chi connectivity index (χ0n) is 7.25. The Hall–Kier alpha value is -0.770. The fourth-order valence-electron chi connectivity index (χ4n) is 0.704. The van der Waals surface area contributed by atoms with Gasteiger partial charge in [-0.2, -0.15) is 0 Å². The number of aliphatic imine (C=N–C) groups is 1. The van der Waals surface area contributed by atoms with Crippen LogP contribution in [0.2, 0.25) is 0 Å². The SMILES string of the molecule is CN=C(N(C)C)N(C)OC. The molecule has 0 aliphatic carbocycles. The van der Waals surface area contributed by atoms with Crippen molar-refractivity contribution in [2.75, 3.05) is 35.3 Å². The summed E-state index contributed by atoms with van der Waals surface area (Å²) in [7, 11) is 8.97. The maximum Gasteiger partial charge on any atom is 0.219 e. The lowest BCUT2D eigenvalue weighted by Gasteiger charge is -2.23. The second-order valence-electron chi connectivity index (χ2n) is 2.10. The summed E-state index contributed by atoms with van der Waals surface area (Å²) in [6, 6.07) is 0. The first-order valence-corrected chi connectivity index (χ1v) is 3.05. The summed E-state index contributed by atoms with van der Waals surface area (Å²) in [6.07, 6.45) is 0. The molecule has 0 aromatic carbocycles. The molecule has 0 saturated carbocycles. The Morgan fingerprint density at radius 3 is 1.90 bits per heavy atom. The van der Waals surface area contributed by atoms with Gasteiger partial charge in [-0.3, -0.25) is 9.83 Å². The van der Waals surface area contributed by atoms with Crippen LogP contribution in [-0.4, -0.2) is 51.2 Å². The van der Waals surface area contributed by atoms with E-state index in [0.29, 0.717) is 0 Å². The summed E-state index contributed by atoms with van der Waals surface area (Å²) in [5.41, 5.74) is 0. The lowest BCUT2D eigenvalue weighted by atomic mass is 10.8. The molecule has 0 heterocycles. The molecule has 0 amide bonds. The Morgan fingerprint density at radius 2 is 1.80 bits per heavy atom. The molecule has 0 bridgehead atoms. The van der Waals surface area contributed by atoms with E-state index >= 15 is 0 Å². The van der Waals surface area contributed by atoms with Gasteiger partial charge < -0.3 is 4.90 Å². The topological polar surface area (TPSA) is 28.1 Å². The zero-order chi connectivity index (χ0) is 8.15.